The molecule has 1 heterocycles. The SMILES string of the molecule is COc1ccc2c(=O)nc(C3CC3)[nH]c2c1. The van der Waals surface area contributed by atoms with Gasteiger partial charge < -0.3 is 9.72 Å². The zero-order valence-corrected chi connectivity index (χ0v) is 8.99. The highest BCUT2D eigenvalue weighted by Gasteiger charge is 2.26. The third-order valence-corrected chi connectivity index (χ3v) is 2.91. The highest BCUT2D eigenvalue weighted by Crippen LogP contribution is 2.37. The molecular weight excluding hydrogens is 204 g/mol. The number of rotatable bonds is 2. The van der Waals surface area contributed by atoms with E-state index in [1.54, 1.807) is 19.2 Å². The van der Waals surface area contributed by atoms with E-state index in [2.05, 4.69) is 9.97 Å². The number of nitrogens with one attached hydrogen (secondary N) is 1. The molecule has 1 N–H and O–H groups in total. The Kier molecular flexibility index (Phi) is 1.96. The van der Waals surface area contributed by atoms with E-state index in [0.717, 1.165) is 29.9 Å². The fraction of sp³-hybridized carbons (Fsp3) is 0.333. The third-order valence-electron chi connectivity index (χ3n) is 2.91. The summed E-state index contributed by atoms with van der Waals surface area (Å²) < 4.78 is 5.14. The van der Waals surface area contributed by atoms with Gasteiger partial charge in [0.1, 0.15) is 11.6 Å². The molecule has 0 radical (unpaired) electrons. The summed E-state index contributed by atoms with van der Waals surface area (Å²) in [4.78, 5) is 19.0. The number of hydrogen-bond donors (Lipinski definition) is 1. The van der Waals surface area contributed by atoms with Crippen LogP contribution in [-0.2, 0) is 0 Å². The topological polar surface area (TPSA) is 55.0 Å². The fourth-order valence-electron chi connectivity index (χ4n) is 1.83. The standard InChI is InChI=1S/C12H12N2O2/c1-16-8-4-5-9-10(6-8)13-11(7-2-3-7)14-12(9)15/h4-7H,2-3H2,1H3,(H,13,14,15). The van der Waals surface area contributed by atoms with Crippen molar-refractivity contribution in [3.05, 3.63) is 34.4 Å². The largest absolute Gasteiger partial charge is 0.497 e. The van der Waals surface area contributed by atoms with Gasteiger partial charge in [-0.2, -0.15) is 4.98 Å². The number of aromatic amines is 1. The second-order valence-electron chi connectivity index (χ2n) is 4.11. The number of ether oxygens (including phenoxy) is 1. The average Bonchev–Trinajstić information content (AvgIpc) is 3.12. The van der Waals surface area contributed by atoms with Crippen LogP contribution in [0.15, 0.2) is 23.0 Å². The molecule has 1 aliphatic rings. The first-order valence-electron chi connectivity index (χ1n) is 5.36. The number of H-pyrrole nitrogens is 1. The number of methoxy groups -OCH3 is 1. The number of nitrogens with zero attached hydrogens (tertiary/aromatic N) is 1. The monoisotopic (exact) mass is 216 g/mol. The van der Waals surface area contributed by atoms with Gasteiger partial charge in [0, 0.05) is 12.0 Å². The van der Waals surface area contributed by atoms with Crippen molar-refractivity contribution < 1.29 is 4.74 Å². The van der Waals surface area contributed by atoms with Crippen molar-refractivity contribution >= 4 is 10.9 Å². The van der Waals surface area contributed by atoms with Crippen LogP contribution in [0.25, 0.3) is 10.9 Å². The smallest absolute Gasteiger partial charge is 0.280 e. The van der Waals surface area contributed by atoms with Crippen molar-refractivity contribution in [1.29, 1.82) is 0 Å². The van der Waals surface area contributed by atoms with Gasteiger partial charge in [-0.15, -0.1) is 0 Å². The summed E-state index contributed by atoms with van der Waals surface area (Å²) in [5.41, 5.74) is 0.652. The highest BCUT2D eigenvalue weighted by atomic mass is 16.5. The van der Waals surface area contributed by atoms with Gasteiger partial charge in [0.25, 0.3) is 5.56 Å². The van der Waals surface area contributed by atoms with E-state index >= 15 is 0 Å². The molecule has 1 aromatic heterocycles. The number of aromatic nitrogens is 2. The van der Waals surface area contributed by atoms with Crippen LogP contribution >= 0.6 is 0 Å². The van der Waals surface area contributed by atoms with E-state index in [-0.39, 0.29) is 5.56 Å². The zero-order chi connectivity index (χ0) is 11.1. The van der Waals surface area contributed by atoms with E-state index in [1.165, 1.54) is 0 Å². The van der Waals surface area contributed by atoms with Crippen molar-refractivity contribution in [3.8, 4) is 5.75 Å². The molecule has 4 nitrogen and oxygen atoms in total. The second-order valence-corrected chi connectivity index (χ2v) is 4.11. The van der Waals surface area contributed by atoms with Gasteiger partial charge in [-0.25, -0.2) is 0 Å². The van der Waals surface area contributed by atoms with Gasteiger partial charge in [-0.05, 0) is 25.0 Å². The number of benzene rings is 1. The van der Waals surface area contributed by atoms with Crippen molar-refractivity contribution in [2.24, 2.45) is 0 Å². The Hall–Kier alpha value is -1.84. The number of fused-ring (bicyclic) bond motifs is 1. The Morgan fingerprint density at radius 1 is 1.44 bits per heavy atom. The van der Waals surface area contributed by atoms with Crippen LogP contribution < -0.4 is 10.3 Å². The van der Waals surface area contributed by atoms with Crippen molar-refractivity contribution in [2.45, 2.75) is 18.8 Å². The Balaban J connectivity index is 2.25. The molecule has 3 rings (SSSR count). The molecule has 4 heteroatoms. The predicted molar refractivity (Wildman–Crippen MR) is 60.9 cm³/mol. The van der Waals surface area contributed by atoms with Gasteiger partial charge in [0.2, 0.25) is 0 Å². The van der Waals surface area contributed by atoms with Crippen LogP contribution in [0.4, 0.5) is 0 Å². The summed E-state index contributed by atoms with van der Waals surface area (Å²) in [5.74, 6) is 2.00. The molecule has 0 bridgehead atoms. The summed E-state index contributed by atoms with van der Waals surface area (Å²) in [6, 6.07) is 5.36. The first-order chi connectivity index (χ1) is 7.78. The summed E-state index contributed by atoms with van der Waals surface area (Å²) >= 11 is 0. The Morgan fingerprint density at radius 3 is 2.94 bits per heavy atom. The van der Waals surface area contributed by atoms with Crippen LogP contribution in [0.5, 0.6) is 5.75 Å². The second kappa shape index (κ2) is 3.33. The molecule has 1 fully saturated rings. The quantitative estimate of drug-likeness (QED) is 0.832. The van der Waals surface area contributed by atoms with E-state index < -0.39 is 0 Å². The molecule has 82 valence electrons. The molecule has 0 amide bonds. The maximum absolute atomic E-state index is 11.8. The molecule has 0 spiro atoms. The maximum Gasteiger partial charge on any atom is 0.280 e. The van der Waals surface area contributed by atoms with Crippen LogP contribution in [0.3, 0.4) is 0 Å². The minimum absolute atomic E-state index is 0.154. The predicted octanol–water partition coefficient (Wildman–Crippen LogP) is 1.81. The molecule has 2 aromatic rings. The van der Waals surface area contributed by atoms with Gasteiger partial charge in [0.15, 0.2) is 0 Å². The molecule has 1 saturated carbocycles. The zero-order valence-electron chi connectivity index (χ0n) is 8.99. The lowest BCUT2D eigenvalue weighted by molar-refractivity contribution is 0.415. The molecule has 0 unspecified atom stereocenters. The lowest BCUT2D eigenvalue weighted by Crippen LogP contribution is -2.11. The first kappa shape index (κ1) is 9.39. The van der Waals surface area contributed by atoms with E-state index in [9.17, 15) is 4.79 Å². The summed E-state index contributed by atoms with van der Waals surface area (Å²) in [7, 11) is 1.61. The Morgan fingerprint density at radius 2 is 2.25 bits per heavy atom. The van der Waals surface area contributed by atoms with Crippen molar-refractivity contribution in [3.63, 3.8) is 0 Å². The maximum atomic E-state index is 11.8. The van der Waals surface area contributed by atoms with Gasteiger partial charge in [-0.3, -0.25) is 4.79 Å². The Bertz CT molecular complexity index is 599. The number of hydrogen-bond acceptors (Lipinski definition) is 3. The van der Waals surface area contributed by atoms with Crippen LogP contribution in [0.1, 0.15) is 24.6 Å². The minimum atomic E-state index is -0.154. The molecule has 0 saturated heterocycles. The summed E-state index contributed by atoms with van der Waals surface area (Å²) in [5, 5.41) is 0.616. The third kappa shape index (κ3) is 1.46. The van der Waals surface area contributed by atoms with Crippen LogP contribution in [0, 0.1) is 0 Å². The first-order valence-corrected chi connectivity index (χ1v) is 5.36. The summed E-state index contributed by atoms with van der Waals surface area (Å²) in [6.45, 7) is 0. The molecule has 1 aliphatic carbocycles. The summed E-state index contributed by atoms with van der Waals surface area (Å²) in [6.07, 6.45) is 2.25. The van der Waals surface area contributed by atoms with Gasteiger partial charge in [0.05, 0.1) is 18.0 Å². The molecule has 16 heavy (non-hydrogen) atoms. The van der Waals surface area contributed by atoms with E-state index in [4.69, 9.17) is 4.74 Å². The highest BCUT2D eigenvalue weighted by molar-refractivity contribution is 5.79. The van der Waals surface area contributed by atoms with E-state index in [1.807, 2.05) is 6.07 Å². The Labute approximate surface area is 92.3 Å². The molecular formula is C12H12N2O2. The van der Waals surface area contributed by atoms with Gasteiger partial charge >= 0.3 is 0 Å². The van der Waals surface area contributed by atoms with Gasteiger partial charge in [-0.1, -0.05) is 0 Å². The lowest BCUT2D eigenvalue weighted by Gasteiger charge is -2.04. The lowest BCUT2D eigenvalue weighted by atomic mass is 10.2. The van der Waals surface area contributed by atoms with E-state index in [0.29, 0.717) is 11.3 Å². The van der Waals surface area contributed by atoms with Crippen molar-refractivity contribution in [2.75, 3.05) is 7.11 Å². The molecule has 1 aromatic carbocycles. The fourth-order valence-corrected chi connectivity index (χ4v) is 1.83. The van der Waals surface area contributed by atoms with Crippen molar-refractivity contribution in [1.82, 2.24) is 9.97 Å². The van der Waals surface area contributed by atoms with Crippen LogP contribution in [0.2, 0.25) is 0 Å². The molecule has 0 aliphatic heterocycles. The minimum Gasteiger partial charge on any atom is -0.497 e. The molecule has 0 atom stereocenters. The average molecular weight is 216 g/mol. The van der Waals surface area contributed by atoms with Crippen LogP contribution in [-0.4, -0.2) is 17.1 Å². The normalized spacial score (nSPS) is 15.3.